The second-order valence-electron chi connectivity index (χ2n) is 4.82. The lowest BCUT2D eigenvalue weighted by atomic mass is 9.85. The van der Waals surface area contributed by atoms with Crippen LogP contribution < -0.4 is 5.14 Å². The van der Waals surface area contributed by atoms with E-state index >= 15 is 0 Å². The van der Waals surface area contributed by atoms with Crippen LogP contribution in [0.3, 0.4) is 0 Å². The Balaban J connectivity index is 3.19. The number of hydrogen-bond acceptors (Lipinski definition) is 1. The summed E-state index contributed by atoms with van der Waals surface area (Å²) in [5, 5.41) is 5.35. The Bertz CT molecular complexity index is 459. The quantitative estimate of drug-likeness (QED) is 0.872. The van der Waals surface area contributed by atoms with E-state index in [1.54, 1.807) is 24.3 Å². The molecule has 0 radical (unpaired) electrons. The van der Waals surface area contributed by atoms with E-state index in [0.717, 1.165) is 4.47 Å². The van der Waals surface area contributed by atoms with Crippen LogP contribution in [0, 0.1) is 0 Å². The molecular formula is C12H15BrF3NOS. The molecule has 0 aliphatic rings. The lowest BCUT2D eigenvalue weighted by Crippen LogP contribution is -2.40. The first kappa shape index (κ1) is 16.7. The van der Waals surface area contributed by atoms with Crippen LogP contribution in [0.2, 0.25) is 0 Å². The molecule has 0 saturated heterocycles. The van der Waals surface area contributed by atoms with E-state index in [2.05, 4.69) is 15.9 Å². The molecule has 2 atom stereocenters. The third kappa shape index (κ3) is 4.57. The molecule has 0 amide bonds. The summed E-state index contributed by atoms with van der Waals surface area (Å²) in [6, 6.07) is 6.51. The standard InChI is InChI=1S/C12H15BrF3NOS/c1-11(2,19(17)18)10(7-12(14,15)16)8-3-5-9(13)6-4-8/h3-6,10H,7,17H2,1-2H3/t10-,19+/m0/s1. The SMILES string of the molecule is CC(C)([C@@H](CC(F)(F)F)c1ccc(Br)cc1)[S@](N)=O. The van der Waals surface area contributed by atoms with E-state index < -0.39 is 34.2 Å². The molecule has 0 fully saturated rings. The zero-order chi connectivity index (χ0) is 14.8. The van der Waals surface area contributed by atoms with Gasteiger partial charge in [0.25, 0.3) is 0 Å². The summed E-state index contributed by atoms with van der Waals surface area (Å²) in [5.74, 6) is -0.952. The van der Waals surface area contributed by atoms with Gasteiger partial charge in [0.05, 0.1) is 22.2 Å². The second kappa shape index (κ2) is 5.93. The monoisotopic (exact) mass is 357 g/mol. The van der Waals surface area contributed by atoms with Crippen LogP contribution in [0.5, 0.6) is 0 Å². The molecule has 7 heteroatoms. The Morgan fingerprint density at radius 2 is 1.74 bits per heavy atom. The van der Waals surface area contributed by atoms with Gasteiger partial charge < -0.3 is 0 Å². The van der Waals surface area contributed by atoms with Crippen LogP contribution >= 0.6 is 15.9 Å². The average Bonchev–Trinajstić information content (AvgIpc) is 2.25. The van der Waals surface area contributed by atoms with Gasteiger partial charge in [-0.25, -0.2) is 4.21 Å². The predicted molar refractivity (Wildman–Crippen MR) is 74.0 cm³/mol. The molecule has 108 valence electrons. The minimum absolute atomic E-state index is 0.476. The molecule has 1 aromatic rings. The van der Waals surface area contributed by atoms with Gasteiger partial charge in [-0.2, -0.15) is 13.2 Å². The van der Waals surface area contributed by atoms with Crippen molar-refractivity contribution in [2.75, 3.05) is 0 Å². The Morgan fingerprint density at radius 3 is 2.11 bits per heavy atom. The highest BCUT2D eigenvalue weighted by Crippen LogP contribution is 2.40. The Morgan fingerprint density at radius 1 is 1.26 bits per heavy atom. The molecule has 0 unspecified atom stereocenters. The molecule has 0 bridgehead atoms. The largest absolute Gasteiger partial charge is 0.389 e. The fraction of sp³-hybridized carbons (Fsp3) is 0.500. The maximum atomic E-state index is 12.7. The molecule has 0 aliphatic carbocycles. The molecule has 0 saturated carbocycles. The van der Waals surface area contributed by atoms with Crippen molar-refractivity contribution in [3.8, 4) is 0 Å². The minimum atomic E-state index is -4.34. The maximum absolute atomic E-state index is 12.7. The van der Waals surface area contributed by atoms with Gasteiger partial charge in [-0.15, -0.1) is 0 Å². The first-order valence-corrected chi connectivity index (χ1v) is 7.53. The molecule has 0 aromatic heterocycles. The molecule has 2 nitrogen and oxygen atoms in total. The van der Waals surface area contributed by atoms with Gasteiger partial charge in [-0.3, -0.25) is 5.14 Å². The molecule has 0 heterocycles. The summed E-state index contributed by atoms with van der Waals surface area (Å²) in [4.78, 5) is 0. The lowest BCUT2D eigenvalue weighted by molar-refractivity contribution is -0.140. The van der Waals surface area contributed by atoms with Crippen LogP contribution in [0.4, 0.5) is 13.2 Å². The van der Waals surface area contributed by atoms with Gasteiger partial charge in [-0.1, -0.05) is 28.1 Å². The average molecular weight is 358 g/mol. The van der Waals surface area contributed by atoms with E-state index in [1.165, 1.54) is 13.8 Å². The fourth-order valence-electron chi connectivity index (χ4n) is 1.83. The summed E-state index contributed by atoms with van der Waals surface area (Å²) < 4.78 is 49.3. The molecule has 1 rings (SSSR count). The molecule has 19 heavy (non-hydrogen) atoms. The zero-order valence-electron chi connectivity index (χ0n) is 10.5. The predicted octanol–water partition coefficient (Wildman–Crippen LogP) is 3.89. The van der Waals surface area contributed by atoms with E-state index in [4.69, 9.17) is 5.14 Å². The topological polar surface area (TPSA) is 43.1 Å². The van der Waals surface area contributed by atoms with Crippen LogP contribution in [-0.4, -0.2) is 15.1 Å². The van der Waals surface area contributed by atoms with Crippen molar-refractivity contribution in [1.82, 2.24) is 0 Å². The van der Waals surface area contributed by atoms with E-state index in [1.807, 2.05) is 0 Å². The smallest absolute Gasteiger partial charge is 0.251 e. The number of halogens is 4. The van der Waals surface area contributed by atoms with Gasteiger partial charge in [0.2, 0.25) is 0 Å². The van der Waals surface area contributed by atoms with Crippen LogP contribution in [-0.2, 0) is 11.0 Å². The fourth-order valence-corrected chi connectivity index (χ4v) is 2.60. The molecular weight excluding hydrogens is 343 g/mol. The molecule has 0 aliphatic heterocycles. The highest BCUT2D eigenvalue weighted by molar-refractivity contribution is 9.10. The molecule has 2 N–H and O–H groups in total. The van der Waals surface area contributed by atoms with Crippen molar-refractivity contribution >= 4 is 26.9 Å². The summed E-state index contributed by atoms with van der Waals surface area (Å²) in [7, 11) is -1.86. The number of nitrogens with two attached hydrogens (primary N) is 1. The highest BCUT2D eigenvalue weighted by Gasteiger charge is 2.42. The second-order valence-corrected chi connectivity index (χ2v) is 7.39. The van der Waals surface area contributed by atoms with E-state index in [0.29, 0.717) is 5.56 Å². The highest BCUT2D eigenvalue weighted by atomic mass is 79.9. The van der Waals surface area contributed by atoms with E-state index in [-0.39, 0.29) is 0 Å². The van der Waals surface area contributed by atoms with Gasteiger partial charge in [0.15, 0.2) is 0 Å². The number of benzene rings is 1. The van der Waals surface area contributed by atoms with Gasteiger partial charge >= 0.3 is 6.18 Å². The Labute approximate surface area is 121 Å². The van der Waals surface area contributed by atoms with Crippen molar-refractivity contribution in [3.63, 3.8) is 0 Å². The van der Waals surface area contributed by atoms with Gasteiger partial charge in [0.1, 0.15) is 0 Å². The minimum Gasteiger partial charge on any atom is -0.251 e. The summed E-state index contributed by atoms with van der Waals surface area (Å²) in [6.07, 6.45) is -5.39. The van der Waals surface area contributed by atoms with Crippen molar-refractivity contribution in [1.29, 1.82) is 0 Å². The number of alkyl halides is 3. The first-order chi connectivity index (χ1) is 8.54. The Hall–Kier alpha value is -0.400. The summed E-state index contributed by atoms with van der Waals surface area (Å²) in [5.41, 5.74) is 0.476. The third-order valence-corrected chi connectivity index (χ3v) is 4.92. The Kier molecular flexibility index (Phi) is 5.20. The van der Waals surface area contributed by atoms with Crippen molar-refractivity contribution in [2.45, 2.75) is 37.1 Å². The normalized spacial score (nSPS) is 16.2. The zero-order valence-corrected chi connectivity index (χ0v) is 12.9. The molecule has 0 spiro atoms. The number of hydrogen-bond donors (Lipinski definition) is 1. The van der Waals surface area contributed by atoms with Crippen molar-refractivity contribution in [3.05, 3.63) is 34.3 Å². The van der Waals surface area contributed by atoms with Crippen molar-refractivity contribution in [2.24, 2.45) is 5.14 Å². The first-order valence-electron chi connectivity index (χ1n) is 5.52. The summed E-state index contributed by atoms with van der Waals surface area (Å²) >= 11 is 3.23. The molecule has 1 aromatic carbocycles. The van der Waals surface area contributed by atoms with Crippen LogP contribution in [0.15, 0.2) is 28.7 Å². The van der Waals surface area contributed by atoms with Gasteiger partial charge in [-0.05, 0) is 31.5 Å². The van der Waals surface area contributed by atoms with Gasteiger partial charge in [0, 0.05) is 10.4 Å². The lowest BCUT2D eigenvalue weighted by Gasteiger charge is -2.33. The number of rotatable bonds is 4. The summed E-state index contributed by atoms with van der Waals surface area (Å²) in [6.45, 7) is 2.98. The maximum Gasteiger partial charge on any atom is 0.389 e. The van der Waals surface area contributed by atoms with Crippen molar-refractivity contribution < 1.29 is 17.4 Å². The van der Waals surface area contributed by atoms with Crippen LogP contribution in [0.25, 0.3) is 0 Å². The van der Waals surface area contributed by atoms with Crippen LogP contribution in [0.1, 0.15) is 31.7 Å². The van der Waals surface area contributed by atoms with E-state index in [9.17, 15) is 17.4 Å². The third-order valence-electron chi connectivity index (χ3n) is 3.07.